The highest BCUT2D eigenvalue weighted by Crippen LogP contribution is 2.31. The van der Waals surface area contributed by atoms with E-state index in [1.807, 2.05) is 35.9 Å². The van der Waals surface area contributed by atoms with Crippen LogP contribution in [-0.2, 0) is 13.5 Å². The summed E-state index contributed by atoms with van der Waals surface area (Å²) in [6.45, 7) is 2.14. The van der Waals surface area contributed by atoms with Gasteiger partial charge in [0.25, 0.3) is 0 Å². The van der Waals surface area contributed by atoms with Gasteiger partial charge in [-0.1, -0.05) is 19.1 Å². The number of anilines is 1. The van der Waals surface area contributed by atoms with Gasteiger partial charge in [0, 0.05) is 18.9 Å². The van der Waals surface area contributed by atoms with E-state index < -0.39 is 0 Å². The maximum atomic E-state index is 6.19. The van der Waals surface area contributed by atoms with Crippen molar-refractivity contribution in [3.63, 3.8) is 0 Å². The van der Waals surface area contributed by atoms with Gasteiger partial charge in [0.05, 0.1) is 5.56 Å². The third-order valence-electron chi connectivity index (χ3n) is 5.13. The summed E-state index contributed by atoms with van der Waals surface area (Å²) < 4.78 is 3.72. The molecular formula is C22H20N8. The molecule has 4 heterocycles. The lowest BCUT2D eigenvalue weighted by Crippen LogP contribution is -2.03. The molecule has 148 valence electrons. The predicted octanol–water partition coefficient (Wildman–Crippen LogP) is 3.42. The van der Waals surface area contributed by atoms with E-state index in [0.29, 0.717) is 17.5 Å². The van der Waals surface area contributed by atoms with Gasteiger partial charge >= 0.3 is 0 Å². The fourth-order valence-electron chi connectivity index (χ4n) is 3.52. The van der Waals surface area contributed by atoms with Crippen molar-refractivity contribution in [3.05, 3.63) is 66.6 Å². The molecule has 0 bridgehead atoms. The zero-order valence-corrected chi connectivity index (χ0v) is 16.7. The molecule has 30 heavy (non-hydrogen) atoms. The van der Waals surface area contributed by atoms with Gasteiger partial charge in [-0.25, -0.2) is 24.6 Å². The zero-order valence-electron chi connectivity index (χ0n) is 16.7. The Morgan fingerprint density at radius 3 is 2.47 bits per heavy atom. The fraction of sp³-hybridized carbons (Fsp3) is 0.136. The van der Waals surface area contributed by atoms with E-state index in [4.69, 9.17) is 15.7 Å². The van der Waals surface area contributed by atoms with Gasteiger partial charge in [-0.2, -0.15) is 5.10 Å². The van der Waals surface area contributed by atoms with Crippen LogP contribution in [0.25, 0.3) is 39.8 Å². The highest BCUT2D eigenvalue weighted by atomic mass is 15.3. The Morgan fingerprint density at radius 1 is 0.933 bits per heavy atom. The molecule has 0 unspecified atom stereocenters. The standard InChI is InChI=1S/C22H20N8/c1-3-14-6-8-15(9-7-14)30-20(16-5-4-12-24-19(16)23)27-18-11-10-17(28-22(18)30)21-25-13-26-29(21)2/h4-13H,3H2,1-2H3,(H2,23,24). The largest absolute Gasteiger partial charge is 0.383 e. The number of aromatic nitrogens is 7. The summed E-state index contributed by atoms with van der Waals surface area (Å²) >= 11 is 0. The lowest BCUT2D eigenvalue weighted by atomic mass is 10.1. The number of pyridine rings is 2. The van der Waals surface area contributed by atoms with E-state index in [1.165, 1.54) is 11.9 Å². The fourth-order valence-corrected chi connectivity index (χ4v) is 3.52. The molecule has 0 aliphatic rings. The van der Waals surface area contributed by atoms with Crippen molar-refractivity contribution in [2.24, 2.45) is 7.05 Å². The van der Waals surface area contributed by atoms with Gasteiger partial charge < -0.3 is 5.73 Å². The Kier molecular flexibility index (Phi) is 4.24. The average Bonchev–Trinajstić information content (AvgIpc) is 3.37. The summed E-state index contributed by atoms with van der Waals surface area (Å²) in [7, 11) is 1.84. The molecule has 0 saturated carbocycles. The SMILES string of the molecule is CCc1ccc(-n2c(-c3cccnc3N)nc3ccc(-c4ncnn4C)nc32)cc1. The quantitative estimate of drug-likeness (QED) is 0.500. The van der Waals surface area contributed by atoms with Crippen molar-refractivity contribution in [2.45, 2.75) is 13.3 Å². The first-order valence-corrected chi connectivity index (χ1v) is 9.69. The van der Waals surface area contributed by atoms with E-state index in [2.05, 4.69) is 46.3 Å². The number of hydrogen-bond acceptors (Lipinski definition) is 6. The second-order valence-corrected chi connectivity index (χ2v) is 6.97. The van der Waals surface area contributed by atoms with Crippen LogP contribution in [0.2, 0.25) is 0 Å². The molecule has 0 spiro atoms. The van der Waals surface area contributed by atoms with Gasteiger partial charge in [0.2, 0.25) is 0 Å². The molecule has 0 atom stereocenters. The van der Waals surface area contributed by atoms with Gasteiger partial charge in [0.1, 0.15) is 23.4 Å². The van der Waals surface area contributed by atoms with Crippen LogP contribution >= 0.6 is 0 Å². The molecule has 8 heteroatoms. The number of hydrogen-bond donors (Lipinski definition) is 1. The summed E-state index contributed by atoms with van der Waals surface area (Å²) in [5, 5.41) is 4.16. The summed E-state index contributed by atoms with van der Waals surface area (Å²) in [5.41, 5.74) is 11.4. The lowest BCUT2D eigenvalue weighted by Gasteiger charge is -2.11. The molecule has 0 radical (unpaired) electrons. The third-order valence-corrected chi connectivity index (χ3v) is 5.13. The minimum atomic E-state index is 0.424. The molecule has 5 rings (SSSR count). The Bertz CT molecular complexity index is 1350. The molecule has 0 aliphatic carbocycles. The zero-order chi connectivity index (χ0) is 20.7. The number of imidazole rings is 1. The van der Waals surface area contributed by atoms with Crippen LogP contribution in [0.1, 0.15) is 12.5 Å². The molecule has 0 aliphatic heterocycles. The Hall–Kier alpha value is -4.07. The summed E-state index contributed by atoms with van der Waals surface area (Å²) in [6.07, 6.45) is 4.16. The Morgan fingerprint density at radius 2 is 1.77 bits per heavy atom. The number of nitrogens with zero attached hydrogens (tertiary/aromatic N) is 7. The van der Waals surface area contributed by atoms with Crippen LogP contribution in [0.15, 0.2) is 61.1 Å². The number of fused-ring (bicyclic) bond motifs is 1. The molecule has 0 fully saturated rings. The minimum absolute atomic E-state index is 0.424. The second-order valence-electron chi connectivity index (χ2n) is 6.97. The maximum absolute atomic E-state index is 6.19. The van der Waals surface area contributed by atoms with Gasteiger partial charge in [0.15, 0.2) is 17.3 Å². The van der Waals surface area contributed by atoms with E-state index in [1.54, 1.807) is 10.9 Å². The number of aryl methyl sites for hydroxylation is 2. The third kappa shape index (κ3) is 2.89. The number of benzene rings is 1. The topological polar surface area (TPSA) is 100 Å². The van der Waals surface area contributed by atoms with Crippen LogP contribution in [0.5, 0.6) is 0 Å². The van der Waals surface area contributed by atoms with Crippen LogP contribution in [-0.4, -0.2) is 34.3 Å². The molecule has 0 saturated heterocycles. The van der Waals surface area contributed by atoms with Crippen molar-refractivity contribution in [1.82, 2.24) is 34.3 Å². The first kappa shape index (κ1) is 18.0. The van der Waals surface area contributed by atoms with E-state index in [-0.39, 0.29) is 0 Å². The normalized spacial score (nSPS) is 11.3. The maximum Gasteiger partial charge on any atom is 0.176 e. The second kappa shape index (κ2) is 7.07. The molecule has 8 nitrogen and oxygen atoms in total. The van der Waals surface area contributed by atoms with Crippen LogP contribution in [0.3, 0.4) is 0 Å². The first-order chi connectivity index (χ1) is 14.7. The average molecular weight is 396 g/mol. The molecule has 2 N–H and O–H groups in total. The highest BCUT2D eigenvalue weighted by molar-refractivity contribution is 5.84. The predicted molar refractivity (Wildman–Crippen MR) is 116 cm³/mol. The number of rotatable bonds is 4. The molecule has 0 amide bonds. The van der Waals surface area contributed by atoms with Gasteiger partial charge in [-0.15, -0.1) is 0 Å². The minimum Gasteiger partial charge on any atom is -0.383 e. The van der Waals surface area contributed by atoms with Crippen LogP contribution in [0.4, 0.5) is 5.82 Å². The number of nitrogens with two attached hydrogens (primary N) is 1. The van der Waals surface area contributed by atoms with Crippen molar-refractivity contribution in [1.29, 1.82) is 0 Å². The van der Waals surface area contributed by atoms with Crippen molar-refractivity contribution in [3.8, 4) is 28.6 Å². The molecule has 4 aromatic heterocycles. The monoisotopic (exact) mass is 396 g/mol. The van der Waals surface area contributed by atoms with Crippen LogP contribution in [0, 0.1) is 0 Å². The van der Waals surface area contributed by atoms with E-state index in [9.17, 15) is 0 Å². The lowest BCUT2D eigenvalue weighted by molar-refractivity contribution is 0.772. The molecule has 1 aromatic carbocycles. The smallest absolute Gasteiger partial charge is 0.176 e. The van der Waals surface area contributed by atoms with Gasteiger partial charge in [-0.05, 0) is 48.4 Å². The summed E-state index contributed by atoms with van der Waals surface area (Å²) in [4.78, 5) is 18.3. The van der Waals surface area contributed by atoms with Crippen LogP contribution < -0.4 is 5.73 Å². The Balaban J connectivity index is 1.80. The van der Waals surface area contributed by atoms with E-state index in [0.717, 1.165) is 34.5 Å². The summed E-state index contributed by atoms with van der Waals surface area (Å²) in [6, 6.07) is 16.0. The number of nitrogen functional groups attached to an aromatic ring is 1. The van der Waals surface area contributed by atoms with Crippen molar-refractivity contribution in [2.75, 3.05) is 5.73 Å². The highest BCUT2D eigenvalue weighted by Gasteiger charge is 2.19. The first-order valence-electron chi connectivity index (χ1n) is 9.69. The van der Waals surface area contributed by atoms with Crippen molar-refractivity contribution < 1.29 is 0 Å². The van der Waals surface area contributed by atoms with Crippen molar-refractivity contribution >= 4 is 17.0 Å². The van der Waals surface area contributed by atoms with E-state index >= 15 is 0 Å². The molecule has 5 aromatic rings. The summed E-state index contributed by atoms with van der Waals surface area (Å²) in [5.74, 6) is 1.81. The Labute approximate surface area is 173 Å². The van der Waals surface area contributed by atoms with Gasteiger partial charge in [-0.3, -0.25) is 4.57 Å². The molecular weight excluding hydrogens is 376 g/mol.